The Morgan fingerprint density at radius 2 is 1.40 bits per heavy atom. The SMILES string of the molecule is CN(C)Br.P. The maximum absolute atomic E-state index is 3.10. The summed E-state index contributed by atoms with van der Waals surface area (Å²) in [5, 5.41) is 0. The molecular weight excluding hydrogens is 149 g/mol. The second kappa shape index (κ2) is 4.87. The van der Waals surface area contributed by atoms with Gasteiger partial charge in [-0.1, -0.05) is 0 Å². The first kappa shape index (κ1) is 9.30. The van der Waals surface area contributed by atoms with Crippen molar-refractivity contribution in [2.24, 2.45) is 0 Å². The molecule has 1 atom stereocenters. The molecule has 5 heavy (non-hydrogen) atoms. The van der Waals surface area contributed by atoms with E-state index in [0.29, 0.717) is 0 Å². The van der Waals surface area contributed by atoms with E-state index < -0.39 is 0 Å². The van der Waals surface area contributed by atoms with Crippen LogP contribution in [0.2, 0.25) is 0 Å². The molecule has 0 saturated carbocycles. The molecule has 0 saturated heterocycles. The number of rotatable bonds is 0. The largest absolute Gasteiger partial charge is 0.249 e. The highest BCUT2D eigenvalue weighted by Gasteiger charge is 1.61. The Morgan fingerprint density at radius 3 is 1.40 bits per heavy atom. The summed E-state index contributed by atoms with van der Waals surface area (Å²) in [5.74, 6) is 0. The molecule has 0 fully saturated rings. The molecule has 0 aliphatic rings. The summed E-state index contributed by atoms with van der Waals surface area (Å²) in [5.41, 5.74) is 0. The van der Waals surface area contributed by atoms with Crippen molar-refractivity contribution in [3.8, 4) is 0 Å². The lowest BCUT2D eigenvalue weighted by Gasteiger charge is -1.86. The van der Waals surface area contributed by atoms with Gasteiger partial charge in [0.15, 0.2) is 0 Å². The lowest BCUT2D eigenvalue weighted by molar-refractivity contribution is 0.729. The van der Waals surface area contributed by atoms with Crippen LogP contribution >= 0.6 is 26.0 Å². The van der Waals surface area contributed by atoms with Gasteiger partial charge in [-0.2, -0.15) is 9.90 Å². The molecule has 0 aromatic heterocycles. The van der Waals surface area contributed by atoms with E-state index in [4.69, 9.17) is 0 Å². The molecule has 0 amide bonds. The lowest BCUT2D eigenvalue weighted by atomic mass is 11.3. The van der Waals surface area contributed by atoms with E-state index in [0.717, 1.165) is 0 Å². The van der Waals surface area contributed by atoms with E-state index in [1.54, 1.807) is 0 Å². The van der Waals surface area contributed by atoms with Gasteiger partial charge in [0.05, 0.1) is 0 Å². The minimum Gasteiger partial charge on any atom is -0.249 e. The van der Waals surface area contributed by atoms with Gasteiger partial charge in [0.25, 0.3) is 0 Å². The zero-order valence-electron chi connectivity index (χ0n) is 3.53. The van der Waals surface area contributed by atoms with Gasteiger partial charge in [-0.3, -0.25) is 0 Å². The Hall–Kier alpha value is 0.870. The van der Waals surface area contributed by atoms with Crippen molar-refractivity contribution < 1.29 is 0 Å². The molecule has 34 valence electrons. The fourth-order valence-electron chi connectivity index (χ4n) is 0. The molecule has 0 spiro atoms. The molecule has 0 bridgehead atoms. The van der Waals surface area contributed by atoms with Gasteiger partial charge in [-0.15, -0.1) is 0 Å². The highest BCUT2D eigenvalue weighted by atomic mass is 79.9. The zero-order chi connectivity index (χ0) is 3.58. The Kier molecular flexibility index (Phi) is 9.05. The van der Waals surface area contributed by atoms with E-state index in [-0.39, 0.29) is 9.90 Å². The minimum atomic E-state index is 0. The van der Waals surface area contributed by atoms with Crippen LogP contribution in [0.3, 0.4) is 0 Å². The molecule has 0 heterocycles. The smallest absolute Gasteiger partial charge is 0.0114 e. The summed E-state index contributed by atoms with van der Waals surface area (Å²) in [6, 6.07) is 0. The van der Waals surface area contributed by atoms with Gasteiger partial charge in [-0.25, -0.2) is 3.93 Å². The van der Waals surface area contributed by atoms with Crippen LogP contribution in [0.5, 0.6) is 0 Å². The maximum Gasteiger partial charge on any atom is 0.0114 e. The summed E-state index contributed by atoms with van der Waals surface area (Å²) in [6.45, 7) is 0. The number of hydrogen-bond acceptors (Lipinski definition) is 1. The Morgan fingerprint density at radius 1 is 1.40 bits per heavy atom. The Bertz CT molecular complexity index is 14.4. The lowest BCUT2D eigenvalue weighted by Crippen LogP contribution is -1.88. The highest BCUT2D eigenvalue weighted by Crippen LogP contribution is 1.77. The third-order valence-electron chi connectivity index (χ3n) is 0. The first-order valence-corrected chi connectivity index (χ1v) is 1.77. The van der Waals surface area contributed by atoms with Crippen LogP contribution in [-0.2, 0) is 0 Å². The number of halogens is 1. The van der Waals surface area contributed by atoms with Gasteiger partial charge >= 0.3 is 0 Å². The van der Waals surface area contributed by atoms with Crippen molar-refractivity contribution in [1.29, 1.82) is 0 Å². The van der Waals surface area contributed by atoms with Gasteiger partial charge in [0.1, 0.15) is 0 Å². The van der Waals surface area contributed by atoms with Crippen molar-refractivity contribution >= 4 is 26.0 Å². The van der Waals surface area contributed by atoms with Crippen molar-refractivity contribution in [3.05, 3.63) is 0 Å². The van der Waals surface area contributed by atoms with Crippen LogP contribution in [0.25, 0.3) is 0 Å². The van der Waals surface area contributed by atoms with Gasteiger partial charge in [0, 0.05) is 16.1 Å². The zero-order valence-corrected chi connectivity index (χ0v) is 6.53. The summed E-state index contributed by atoms with van der Waals surface area (Å²) in [6.07, 6.45) is 0. The van der Waals surface area contributed by atoms with E-state index >= 15 is 0 Å². The summed E-state index contributed by atoms with van der Waals surface area (Å²) in [7, 11) is 3.83. The van der Waals surface area contributed by atoms with Crippen molar-refractivity contribution in [1.82, 2.24) is 3.93 Å². The minimum absolute atomic E-state index is 0. The van der Waals surface area contributed by atoms with Crippen LogP contribution in [0.15, 0.2) is 0 Å². The monoisotopic (exact) mass is 157 g/mol. The van der Waals surface area contributed by atoms with Crippen molar-refractivity contribution in [2.75, 3.05) is 14.1 Å². The van der Waals surface area contributed by atoms with Gasteiger partial charge < -0.3 is 0 Å². The average Bonchev–Trinajstić information content (AvgIpc) is 0.811. The fourth-order valence-corrected chi connectivity index (χ4v) is 0. The Balaban J connectivity index is 0. The molecule has 0 N–H and O–H groups in total. The van der Waals surface area contributed by atoms with E-state index in [1.165, 1.54) is 0 Å². The van der Waals surface area contributed by atoms with E-state index in [2.05, 4.69) is 16.1 Å². The molecule has 3 heteroatoms. The fraction of sp³-hybridized carbons (Fsp3) is 1.00. The molecule has 1 nitrogen and oxygen atoms in total. The number of hydrogen-bond donors (Lipinski definition) is 0. The number of nitrogens with zero attached hydrogens (tertiary/aromatic N) is 1. The standard InChI is InChI=1S/C2H6BrN.H3P/c1-4(2)3;/h1-2H3;1H3. The molecule has 0 aliphatic carbocycles. The highest BCUT2D eigenvalue weighted by molar-refractivity contribution is 9.07. The van der Waals surface area contributed by atoms with Crippen molar-refractivity contribution in [2.45, 2.75) is 0 Å². The molecule has 0 rings (SSSR count). The summed E-state index contributed by atoms with van der Waals surface area (Å²) >= 11 is 3.10. The van der Waals surface area contributed by atoms with Crippen molar-refractivity contribution in [3.63, 3.8) is 0 Å². The predicted octanol–water partition coefficient (Wildman–Crippen LogP) is 0.916. The van der Waals surface area contributed by atoms with Crippen LogP contribution in [-0.4, -0.2) is 18.0 Å². The third kappa shape index (κ3) is 53.0. The summed E-state index contributed by atoms with van der Waals surface area (Å²) in [4.78, 5) is 0. The molecular formula is C2H9BrNP. The molecule has 0 radical (unpaired) electrons. The first-order chi connectivity index (χ1) is 1.73. The second-order valence-corrected chi connectivity index (χ2v) is 2.20. The first-order valence-electron chi connectivity index (χ1n) is 1.06. The molecule has 0 aromatic carbocycles. The van der Waals surface area contributed by atoms with E-state index in [9.17, 15) is 0 Å². The van der Waals surface area contributed by atoms with Crippen LogP contribution < -0.4 is 0 Å². The van der Waals surface area contributed by atoms with Crippen LogP contribution in [0.4, 0.5) is 0 Å². The quantitative estimate of drug-likeness (QED) is 0.374. The topological polar surface area (TPSA) is 3.24 Å². The summed E-state index contributed by atoms with van der Waals surface area (Å²) < 4.78 is 1.81. The molecule has 0 aromatic rings. The van der Waals surface area contributed by atoms with Crippen LogP contribution in [0, 0.1) is 0 Å². The van der Waals surface area contributed by atoms with Gasteiger partial charge in [0.2, 0.25) is 0 Å². The normalized spacial score (nSPS) is 7.20. The van der Waals surface area contributed by atoms with E-state index in [1.807, 2.05) is 18.0 Å². The second-order valence-electron chi connectivity index (χ2n) is 0.785. The van der Waals surface area contributed by atoms with Crippen LogP contribution in [0.1, 0.15) is 0 Å². The third-order valence-corrected chi connectivity index (χ3v) is 0. The predicted molar refractivity (Wildman–Crippen MR) is 33.7 cm³/mol. The average molecular weight is 158 g/mol. The Labute approximate surface area is 44.7 Å². The molecule has 1 unspecified atom stereocenters. The molecule has 0 aliphatic heterocycles. The maximum atomic E-state index is 3.10. The van der Waals surface area contributed by atoms with Gasteiger partial charge in [-0.05, 0) is 14.1 Å².